The molecule has 3 heterocycles. The van der Waals surface area contributed by atoms with E-state index in [0.29, 0.717) is 29.5 Å². The zero-order chi connectivity index (χ0) is 22.2. The molecular weight excluding hydrogens is 413 g/mol. The number of nitrogens with one attached hydrogen (secondary N) is 1. The molecule has 1 N–H and O–H groups in total. The minimum atomic E-state index is -0.988. The molecule has 2 unspecified atom stereocenters. The quantitative estimate of drug-likeness (QED) is 0.736. The largest absolute Gasteiger partial charge is 0.326 e. The van der Waals surface area contributed by atoms with Crippen LogP contribution >= 0.6 is 0 Å². The molecule has 1 saturated carbocycles. The van der Waals surface area contributed by atoms with Gasteiger partial charge in [0.2, 0.25) is 11.8 Å². The number of hydrogen-bond acceptors (Lipinski definition) is 4. The minimum Gasteiger partial charge on any atom is -0.326 e. The van der Waals surface area contributed by atoms with Crippen molar-refractivity contribution in [2.45, 2.75) is 49.9 Å². The molecule has 2 atom stereocenters. The first-order valence-corrected chi connectivity index (χ1v) is 10.8. The van der Waals surface area contributed by atoms with Gasteiger partial charge >= 0.3 is 0 Å². The number of imide groups is 1. The lowest BCUT2D eigenvalue weighted by atomic mass is 9.99. The fraction of sp³-hybridized carbons (Fsp3) is 0.333. The summed E-state index contributed by atoms with van der Waals surface area (Å²) in [7, 11) is 0. The van der Waals surface area contributed by atoms with Crippen molar-refractivity contribution < 1.29 is 23.6 Å². The van der Waals surface area contributed by atoms with Gasteiger partial charge in [0.1, 0.15) is 17.9 Å². The summed E-state index contributed by atoms with van der Waals surface area (Å²) in [5.41, 5.74) is 1.58. The molecule has 0 radical (unpaired) electrons. The van der Waals surface area contributed by atoms with Crippen LogP contribution < -0.4 is 5.32 Å². The van der Waals surface area contributed by atoms with Crippen molar-refractivity contribution in [2.24, 2.45) is 0 Å². The summed E-state index contributed by atoms with van der Waals surface area (Å²) in [6.45, 7) is 0.266. The van der Waals surface area contributed by atoms with Crippen molar-refractivity contribution >= 4 is 23.6 Å². The zero-order valence-corrected chi connectivity index (χ0v) is 17.1. The Kier molecular flexibility index (Phi) is 3.88. The monoisotopic (exact) mass is 433 g/mol. The van der Waals surface area contributed by atoms with E-state index in [1.54, 1.807) is 35.2 Å². The molecule has 162 valence electrons. The Balaban J connectivity index is 1.42. The van der Waals surface area contributed by atoms with Gasteiger partial charge in [-0.2, -0.15) is 0 Å². The standard InChI is InChI=1S/C24H20FN3O4/c25-16-7-3-4-13-12-27(24(10-11-24)19(13)16)23(32)20-14-5-1-2-6-15(14)22(31)28(20)17-8-9-18(29)26-21(17)30/h1-7,17,20H,8-12H2,(H,26,29,30). The highest BCUT2D eigenvalue weighted by Gasteiger charge is 2.60. The molecule has 2 fully saturated rings. The first-order valence-electron chi connectivity index (χ1n) is 10.8. The predicted molar refractivity (Wildman–Crippen MR) is 109 cm³/mol. The van der Waals surface area contributed by atoms with E-state index in [0.717, 1.165) is 5.56 Å². The molecule has 8 heteroatoms. The van der Waals surface area contributed by atoms with Gasteiger partial charge in [-0.25, -0.2) is 4.39 Å². The minimum absolute atomic E-state index is 0.0990. The third-order valence-corrected chi connectivity index (χ3v) is 7.18. The maximum absolute atomic E-state index is 14.7. The number of amides is 4. The number of halogens is 1. The maximum atomic E-state index is 14.7. The highest BCUT2D eigenvalue weighted by atomic mass is 19.1. The summed E-state index contributed by atoms with van der Waals surface area (Å²) in [4.78, 5) is 54.7. The predicted octanol–water partition coefficient (Wildman–Crippen LogP) is 2.16. The number of fused-ring (bicyclic) bond motifs is 3. The topological polar surface area (TPSA) is 86.8 Å². The fourth-order valence-electron chi connectivity index (χ4n) is 5.61. The molecule has 6 rings (SSSR count). The van der Waals surface area contributed by atoms with Gasteiger partial charge in [-0.1, -0.05) is 30.3 Å². The Morgan fingerprint density at radius 2 is 1.84 bits per heavy atom. The van der Waals surface area contributed by atoms with E-state index in [1.807, 2.05) is 6.07 Å². The van der Waals surface area contributed by atoms with Crippen LogP contribution in [0.1, 0.15) is 58.8 Å². The summed E-state index contributed by atoms with van der Waals surface area (Å²) < 4.78 is 14.7. The number of carbonyl (C=O) groups excluding carboxylic acids is 4. The average Bonchev–Trinajstić information content (AvgIpc) is 3.41. The van der Waals surface area contributed by atoms with Gasteiger partial charge in [-0.05, 0) is 42.5 Å². The van der Waals surface area contributed by atoms with Crippen molar-refractivity contribution in [1.29, 1.82) is 0 Å². The SMILES string of the molecule is O=C1CCC(N2C(=O)c3ccccc3C2C(=O)N2Cc3cccc(F)c3C23CC3)C(=O)N1. The van der Waals surface area contributed by atoms with Crippen molar-refractivity contribution in [3.63, 3.8) is 0 Å². The second kappa shape index (κ2) is 6.48. The Hall–Kier alpha value is -3.55. The van der Waals surface area contributed by atoms with Gasteiger partial charge in [-0.15, -0.1) is 0 Å². The summed E-state index contributed by atoms with van der Waals surface area (Å²) in [5.74, 6) is -2.00. The molecular formula is C24H20FN3O4. The number of hydrogen-bond donors (Lipinski definition) is 1. The van der Waals surface area contributed by atoms with Crippen LogP contribution in [0.5, 0.6) is 0 Å². The Bertz CT molecular complexity index is 1220. The molecule has 0 bridgehead atoms. The Morgan fingerprint density at radius 1 is 1.06 bits per heavy atom. The lowest BCUT2D eigenvalue weighted by Crippen LogP contribution is -2.55. The number of carbonyl (C=O) groups is 4. The van der Waals surface area contributed by atoms with Crippen LogP contribution in [0.3, 0.4) is 0 Å². The molecule has 2 aromatic carbocycles. The molecule has 2 aromatic rings. The van der Waals surface area contributed by atoms with E-state index in [9.17, 15) is 23.6 Å². The van der Waals surface area contributed by atoms with Crippen molar-refractivity contribution in [3.8, 4) is 0 Å². The Morgan fingerprint density at radius 3 is 2.59 bits per heavy atom. The number of piperidine rings is 1. The van der Waals surface area contributed by atoms with E-state index in [4.69, 9.17) is 0 Å². The lowest BCUT2D eigenvalue weighted by molar-refractivity contribution is -0.143. The third-order valence-electron chi connectivity index (χ3n) is 7.18. The van der Waals surface area contributed by atoms with Gasteiger partial charge in [0.15, 0.2) is 0 Å². The molecule has 1 spiro atoms. The van der Waals surface area contributed by atoms with Crippen molar-refractivity contribution in [3.05, 3.63) is 70.5 Å². The van der Waals surface area contributed by atoms with Gasteiger partial charge in [0.05, 0.1) is 5.54 Å². The molecule has 32 heavy (non-hydrogen) atoms. The second-order valence-electron chi connectivity index (χ2n) is 8.90. The third kappa shape index (κ3) is 2.46. The van der Waals surface area contributed by atoms with Crippen LogP contribution in [0.2, 0.25) is 0 Å². The highest BCUT2D eigenvalue weighted by molar-refractivity contribution is 6.09. The zero-order valence-electron chi connectivity index (χ0n) is 17.1. The molecule has 0 aromatic heterocycles. The molecule has 7 nitrogen and oxygen atoms in total. The van der Waals surface area contributed by atoms with Gasteiger partial charge in [0.25, 0.3) is 11.8 Å². The van der Waals surface area contributed by atoms with E-state index in [2.05, 4.69) is 5.32 Å². The van der Waals surface area contributed by atoms with Gasteiger partial charge < -0.3 is 9.80 Å². The molecule has 1 saturated heterocycles. The van der Waals surface area contributed by atoms with Crippen LogP contribution in [0.4, 0.5) is 4.39 Å². The van der Waals surface area contributed by atoms with E-state index in [-0.39, 0.29) is 37.0 Å². The summed E-state index contributed by atoms with van der Waals surface area (Å²) in [6.07, 6.45) is 1.58. The first-order chi connectivity index (χ1) is 15.4. The van der Waals surface area contributed by atoms with Gasteiger partial charge in [-0.3, -0.25) is 24.5 Å². The van der Waals surface area contributed by atoms with Crippen molar-refractivity contribution in [2.75, 3.05) is 0 Å². The lowest BCUT2D eigenvalue weighted by Gasteiger charge is -2.37. The van der Waals surface area contributed by atoms with Crippen LogP contribution in [0.15, 0.2) is 42.5 Å². The number of rotatable bonds is 2. The van der Waals surface area contributed by atoms with E-state index >= 15 is 0 Å². The second-order valence-corrected chi connectivity index (χ2v) is 8.90. The van der Waals surface area contributed by atoms with Crippen LogP contribution in [0.25, 0.3) is 0 Å². The smallest absolute Gasteiger partial charge is 0.255 e. The van der Waals surface area contributed by atoms with Crippen molar-refractivity contribution in [1.82, 2.24) is 15.1 Å². The molecule has 3 aliphatic heterocycles. The molecule has 4 amide bonds. The number of nitrogens with zero attached hydrogens (tertiary/aromatic N) is 2. The number of benzene rings is 2. The fourth-order valence-corrected chi connectivity index (χ4v) is 5.61. The summed E-state index contributed by atoms with van der Waals surface area (Å²) >= 11 is 0. The average molecular weight is 433 g/mol. The van der Waals surface area contributed by atoms with Crippen LogP contribution in [-0.4, -0.2) is 39.5 Å². The summed E-state index contributed by atoms with van der Waals surface area (Å²) in [6, 6.07) is 9.83. The highest BCUT2D eigenvalue weighted by Crippen LogP contribution is 2.58. The van der Waals surface area contributed by atoms with Crippen LogP contribution in [0, 0.1) is 5.82 Å². The first kappa shape index (κ1) is 19.2. The maximum Gasteiger partial charge on any atom is 0.255 e. The molecule has 1 aliphatic carbocycles. The van der Waals surface area contributed by atoms with Crippen LogP contribution in [-0.2, 0) is 26.5 Å². The summed E-state index contributed by atoms with van der Waals surface area (Å²) in [5, 5.41) is 2.29. The normalized spacial score (nSPS) is 25.1. The van der Waals surface area contributed by atoms with E-state index in [1.165, 1.54) is 11.0 Å². The van der Waals surface area contributed by atoms with Gasteiger partial charge in [0, 0.05) is 24.1 Å². The Labute approximate surface area is 183 Å². The molecule has 4 aliphatic rings. The van der Waals surface area contributed by atoms with E-state index < -0.39 is 29.4 Å².